The summed E-state index contributed by atoms with van der Waals surface area (Å²) < 4.78 is 5.34. The molecule has 3 saturated heterocycles. The number of rotatable bonds is 6. The summed E-state index contributed by atoms with van der Waals surface area (Å²) in [5.41, 5.74) is 2.27. The maximum Gasteiger partial charge on any atom is 0.225 e. The minimum absolute atomic E-state index is 0.256. The first-order valence-corrected chi connectivity index (χ1v) is 8.75. The van der Waals surface area contributed by atoms with Gasteiger partial charge in [-0.15, -0.1) is 0 Å². The summed E-state index contributed by atoms with van der Waals surface area (Å²) in [5, 5.41) is 0. The van der Waals surface area contributed by atoms with E-state index in [1.165, 1.54) is 6.42 Å². The zero-order valence-electron chi connectivity index (χ0n) is 14.3. The number of carbonyl (C=O) groups is 1. The highest BCUT2D eigenvalue weighted by Crippen LogP contribution is 2.29. The first kappa shape index (κ1) is 16.5. The van der Waals surface area contributed by atoms with Crippen molar-refractivity contribution in [2.75, 3.05) is 32.8 Å². The van der Waals surface area contributed by atoms with E-state index >= 15 is 0 Å². The molecule has 0 unspecified atom stereocenters. The van der Waals surface area contributed by atoms with Crippen LogP contribution < -0.4 is 0 Å². The molecule has 2 atom stereocenters. The van der Waals surface area contributed by atoms with E-state index in [4.69, 9.17) is 4.74 Å². The van der Waals surface area contributed by atoms with Crippen molar-refractivity contribution in [1.29, 1.82) is 0 Å². The van der Waals surface area contributed by atoms with Gasteiger partial charge in [-0.2, -0.15) is 0 Å². The Morgan fingerprint density at radius 3 is 3.00 bits per heavy atom. The molecule has 23 heavy (non-hydrogen) atoms. The summed E-state index contributed by atoms with van der Waals surface area (Å²) >= 11 is 0. The van der Waals surface area contributed by atoms with E-state index in [-0.39, 0.29) is 5.91 Å². The van der Waals surface area contributed by atoms with E-state index in [1.54, 1.807) is 6.33 Å². The normalized spacial score (nSPS) is 24.9. The van der Waals surface area contributed by atoms with Crippen LogP contribution in [0.4, 0.5) is 0 Å². The Labute approximate surface area is 138 Å². The van der Waals surface area contributed by atoms with E-state index in [2.05, 4.69) is 26.7 Å². The van der Waals surface area contributed by atoms with Crippen LogP contribution in [0.3, 0.4) is 0 Å². The first-order valence-electron chi connectivity index (χ1n) is 8.75. The van der Waals surface area contributed by atoms with E-state index in [1.807, 2.05) is 6.92 Å². The Kier molecular flexibility index (Phi) is 5.33. The fraction of sp³-hybridized carbons (Fsp3) is 0.765. The van der Waals surface area contributed by atoms with Crippen LogP contribution in [-0.2, 0) is 16.1 Å². The summed E-state index contributed by atoms with van der Waals surface area (Å²) in [6, 6.07) is 0.349. The van der Waals surface area contributed by atoms with Crippen LogP contribution >= 0.6 is 0 Å². The maximum atomic E-state index is 12.5. The number of aryl methyl sites for hydroxylation is 1. The third-order valence-corrected chi connectivity index (χ3v) is 5.08. The van der Waals surface area contributed by atoms with Crippen molar-refractivity contribution < 1.29 is 9.53 Å². The highest BCUT2D eigenvalue weighted by molar-refractivity contribution is 5.76. The number of H-pyrrole nitrogens is 1. The minimum Gasteiger partial charge on any atom is -0.381 e. The maximum absolute atomic E-state index is 12.5. The van der Waals surface area contributed by atoms with Crippen LogP contribution in [0.2, 0.25) is 0 Å². The van der Waals surface area contributed by atoms with Crippen LogP contribution in [0.1, 0.15) is 37.6 Å². The fourth-order valence-corrected chi connectivity index (χ4v) is 3.82. The Morgan fingerprint density at radius 1 is 1.39 bits per heavy atom. The Morgan fingerprint density at radius 2 is 2.26 bits per heavy atom. The number of amides is 1. The summed E-state index contributed by atoms with van der Waals surface area (Å²) in [7, 11) is 0. The number of piperidine rings is 1. The topological polar surface area (TPSA) is 61.5 Å². The van der Waals surface area contributed by atoms with Gasteiger partial charge in [0.2, 0.25) is 5.91 Å². The molecule has 1 aromatic rings. The predicted octanol–water partition coefficient (Wildman–Crippen LogP) is 1.57. The second-order valence-electron chi connectivity index (χ2n) is 6.76. The molecule has 0 aromatic carbocycles. The monoisotopic (exact) mass is 320 g/mol. The number of hydrogen-bond donors (Lipinski definition) is 1. The van der Waals surface area contributed by atoms with Gasteiger partial charge < -0.3 is 14.6 Å². The van der Waals surface area contributed by atoms with Crippen molar-refractivity contribution in [2.45, 2.75) is 45.7 Å². The van der Waals surface area contributed by atoms with Crippen molar-refractivity contribution >= 4 is 5.91 Å². The van der Waals surface area contributed by atoms with Crippen LogP contribution in [0.25, 0.3) is 0 Å². The molecular weight excluding hydrogens is 292 g/mol. The van der Waals surface area contributed by atoms with Crippen molar-refractivity contribution in [1.82, 2.24) is 19.8 Å². The lowest BCUT2D eigenvalue weighted by Crippen LogP contribution is -2.47. The Balaban J connectivity index is 1.61. The number of fused-ring (bicyclic) bond motifs is 4. The van der Waals surface area contributed by atoms with Crippen molar-refractivity contribution in [3.63, 3.8) is 0 Å². The van der Waals surface area contributed by atoms with Crippen LogP contribution in [0.15, 0.2) is 6.33 Å². The number of aromatic amines is 1. The number of carbonyl (C=O) groups excluding carboxylic acids is 1. The molecular formula is C17H28N4O2. The van der Waals surface area contributed by atoms with E-state index in [0.717, 1.165) is 44.0 Å². The molecule has 0 spiro atoms. The number of nitrogens with zero attached hydrogens (tertiary/aromatic N) is 3. The molecule has 1 aromatic heterocycles. The van der Waals surface area contributed by atoms with Gasteiger partial charge in [-0.05, 0) is 32.6 Å². The minimum atomic E-state index is 0.256. The van der Waals surface area contributed by atoms with Gasteiger partial charge >= 0.3 is 0 Å². The van der Waals surface area contributed by atoms with E-state index in [9.17, 15) is 4.79 Å². The van der Waals surface area contributed by atoms with Gasteiger partial charge in [-0.1, -0.05) is 0 Å². The van der Waals surface area contributed by atoms with Gasteiger partial charge in [-0.3, -0.25) is 9.69 Å². The molecule has 0 radical (unpaired) electrons. The molecule has 3 aliphatic heterocycles. The van der Waals surface area contributed by atoms with E-state index < -0.39 is 0 Å². The molecule has 4 heterocycles. The number of hydrogen-bond acceptors (Lipinski definition) is 4. The Hall–Kier alpha value is -1.40. The summed E-state index contributed by atoms with van der Waals surface area (Å²) in [6.07, 6.45) is 4.63. The molecule has 128 valence electrons. The molecule has 1 amide bonds. The van der Waals surface area contributed by atoms with Gasteiger partial charge in [0.1, 0.15) is 0 Å². The van der Waals surface area contributed by atoms with Gasteiger partial charge in [0, 0.05) is 44.5 Å². The predicted molar refractivity (Wildman–Crippen MR) is 87.9 cm³/mol. The standard InChI is InChI=1S/C17H28N4O2/c1-3-23-7-6-17(22)21-9-14-4-5-15(21)10-20(8-14)11-16-13(2)18-12-19-16/h12,14-15H,3-11H2,1-2H3,(H,18,19)/t14-,15+/m1/s1. The molecule has 6 heteroatoms. The average molecular weight is 320 g/mol. The smallest absolute Gasteiger partial charge is 0.225 e. The lowest BCUT2D eigenvalue weighted by atomic mass is 9.95. The number of nitrogens with one attached hydrogen (secondary N) is 1. The Bertz CT molecular complexity index is 530. The summed E-state index contributed by atoms with van der Waals surface area (Å²) in [4.78, 5) is 24.7. The zero-order valence-corrected chi connectivity index (χ0v) is 14.3. The first-order chi connectivity index (χ1) is 11.2. The molecule has 3 aliphatic rings. The second kappa shape index (κ2) is 7.45. The van der Waals surface area contributed by atoms with E-state index in [0.29, 0.717) is 31.6 Å². The molecule has 1 N–H and O–H groups in total. The number of imidazole rings is 1. The van der Waals surface area contributed by atoms with Crippen LogP contribution in [0.5, 0.6) is 0 Å². The number of aromatic nitrogens is 2. The lowest BCUT2D eigenvalue weighted by molar-refractivity contribution is -0.136. The molecule has 4 rings (SSSR count). The summed E-state index contributed by atoms with van der Waals surface area (Å²) in [5.74, 6) is 0.843. The fourth-order valence-electron chi connectivity index (χ4n) is 3.82. The van der Waals surface area contributed by atoms with Crippen LogP contribution in [0, 0.1) is 12.8 Å². The van der Waals surface area contributed by atoms with Crippen molar-refractivity contribution in [3.8, 4) is 0 Å². The SMILES string of the molecule is CCOCCC(=O)N1C[C@@H]2CC[C@H]1CN(Cc1nc[nH]c1C)C2. The quantitative estimate of drug-likeness (QED) is 0.808. The highest BCUT2D eigenvalue weighted by Gasteiger charge is 2.37. The zero-order chi connectivity index (χ0) is 16.2. The van der Waals surface area contributed by atoms with Crippen molar-refractivity contribution in [2.24, 2.45) is 5.92 Å². The third kappa shape index (κ3) is 3.93. The van der Waals surface area contributed by atoms with Crippen LogP contribution in [-0.4, -0.2) is 64.6 Å². The average Bonchev–Trinajstić information content (AvgIpc) is 2.75. The largest absolute Gasteiger partial charge is 0.381 e. The number of ether oxygens (including phenoxy) is 1. The van der Waals surface area contributed by atoms with Gasteiger partial charge in [-0.25, -0.2) is 4.98 Å². The molecule has 0 saturated carbocycles. The highest BCUT2D eigenvalue weighted by atomic mass is 16.5. The molecule has 2 bridgehead atoms. The summed E-state index contributed by atoms with van der Waals surface area (Å²) in [6.45, 7) is 9.07. The van der Waals surface area contributed by atoms with Gasteiger partial charge in [0.25, 0.3) is 0 Å². The van der Waals surface area contributed by atoms with Gasteiger partial charge in [0.15, 0.2) is 0 Å². The molecule has 3 fully saturated rings. The van der Waals surface area contributed by atoms with Crippen molar-refractivity contribution in [3.05, 3.63) is 17.7 Å². The molecule has 6 nitrogen and oxygen atoms in total. The second-order valence-corrected chi connectivity index (χ2v) is 6.76. The lowest BCUT2D eigenvalue weighted by Gasteiger charge is -2.36. The molecule has 0 aliphatic carbocycles. The third-order valence-electron chi connectivity index (χ3n) is 5.08. The van der Waals surface area contributed by atoms with Gasteiger partial charge in [0.05, 0.1) is 25.0 Å².